The molecule has 0 spiro atoms. The summed E-state index contributed by atoms with van der Waals surface area (Å²) in [6, 6.07) is 12.6. The lowest BCUT2D eigenvalue weighted by molar-refractivity contribution is -0.143. The molecule has 0 amide bonds. The summed E-state index contributed by atoms with van der Waals surface area (Å²) < 4.78 is 0. The van der Waals surface area contributed by atoms with E-state index in [0.29, 0.717) is 6.54 Å². The van der Waals surface area contributed by atoms with Gasteiger partial charge in [-0.25, -0.2) is 0 Å². The molecule has 4 nitrogen and oxygen atoms in total. The lowest BCUT2D eigenvalue weighted by Gasteiger charge is -2.37. The van der Waals surface area contributed by atoms with Crippen molar-refractivity contribution in [1.29, 1.82) is 0 Å². The van der Waals surface area contributed by atoms with Crippen LogP contribution < -0.4 is 0 Å². The van der Waals surface area contributed by atoms with E-state index in [4.69, 9.17) is 0 Å². The fourth-order valence-electron chi connectivity index (χ4n) is 3.49. The number of benzene rings is 1. The van der Waals surface area contributed by atoms with Crippen LogP contribution in [0.1, 0.15) is 41.3 Å². The van der Waals surface area contributed by atoms with Crippen LogP contribution >= 0.6 is 0 Å². The Kier molecular flexibility index (Phi) is 4.95. The van der Waals surface area contributed by atoms with Gasteiger partial charge in [0, 0.05) is 12.7 Å². The quantitative estimate of drug-likeness (QED) is 0.934. The minimum absolute atomic E-state index is 0.00708. The first-order valence-corrected chi connectivity index (χ1v) is 8.50. The molecule has 3 rings (SSSR count). The highest BCUT2D eigenvalue weighted by Crippen LogP contribution is 2.32. The molecule has 1 N–H and O–H groups in total. The van der Waals surface area contributed by atoms with Crippen molar-refractivity contribution in [2.45, 2.75) is 32.7 Å². The number of carboxylic acids is 1. The van der Waals surface area contributed by atoms with E-state index >= 15 is 0 Å². The Morgan fingerprint density at radius 1 is 1.25 bits per heavy atom. The van der Waals surface area contributed by atoms with Crippen molar-refractivity contribution in [2.24, 2.45) is 5.92 Å². The summed E-state index contributed by atoms with van der Waals surface area (Å²) in [5, 5.41) is 9.42. The first-order valence-electron chi connectivity index (χ1n) is 8.50. The molecule has 1 saturated heterocycles. The summed E-state index contributed by atoms with van der Waals surface area (Å²) in [4.78, 5) is 18.4. The smallest absolute Gasteiger partial charge is 0.307 e. The molecule has 1 aromatic carbocycles. The standard InChI is InChI=1S/C20H24N2O2/c1-14-5-3-6-16(11-14)19(18-9-8-15(2)12-21-18)22-10-4-7-17(13-22)20(23)24/h3,5-6,8-9,11-12,17,19H,4,7,10,13H2,1-2H3,(H,23,24). The number of pyridine rings is 1. The Morgan fingerprint density at radius 2 is 2.08 bits per heavy atom. The van der Waals surface area contributed by atoms with Gasteiger partial charge < -0.3 is 5.11 Å². The van der Waals surface area contributed by atoms with Crippen molar-refractivity contribution in [3.63, 3.8) is 0 Å². The number of aromatic nitrogens is 1. The fraction of sp³-hybridized carbons (Fsp3) is 0.400. The third kappa shape index (κ3) is 3.65. The highest BCUT2D eigenvalue weighted by atomic mass is 16.4. The zero-order valence-electron chi connectivity index (χ0n) is 14.3. The third-order valence-corrected chi connectivity index (χ3v) is 4.74. The molecule has 4 heteroatoms. The average Bonchev–Trinajstić information content (AvgIpc) is 2.57. The molecule has 0 bridgehead atoms. The molecular weight excluding hydrogens is 300 g/mol. The molecule has 1 aliphatic rings. The van der Waals surface area contributed by atoms with Crippen LogP contribution in [-0.2, 0) is 4.79 Å². The van der Waals surface area contributed by atoms with E-state index in [1.165, 1.54) is 11.1 Å². The number of hydrogen-bond acceptors (Lipinski definition) is 3. The first kappa shape index (κ1) is 16.7. The average molecular weight is 324 g/mol. The van der Waals surface area contributed by atoms with Gasteiger partial charge >= 0.3 is 5.97 Å². The predicted molar refractivity (Wildman–Crippen MR) is 93.9 cm³/mol. The van der Waals surface area contributed by atoms with Gasteiger partial charge in [-0.2, -0.15) is 0 Å². The molecule has 2 atom stereocenters. The van der Waals surface area contributed by atoms with Crippen LogP contribution in [0.15, 0.2) is 42.6 Å². The highest BCUT2D eigenvalue weighted by molar-refractivity contribution is 5.70. The fourth-order valence-corrected chi connectivity index (χ4v) is 3.49. The highest BCUT2D eigenvalue weighted by Gasteiger charge is 2.31. The van der Waals surface area contributed by atoms with E-state index in [1.807, 2.05) is 13.1 Å². The van der Waals surface area contributed by atoms with Crippen LogP contribution in [0, 0.1) is 19.8 Å². The molecule has 1 aromatic heterocycles. The van der Waals surface area contributed by atoms with Gasteiger partial charge in [-0.1, -0.05) is 35.9 Å². The van der Waals surface area contributed by atoms with Crippen LogP contribution in [0.4, 0.5) is 0 Å². The Balaban J connectivity index is 1.98. The summed E-state index contributed by atoms with van der Waals surface area (Å²) in [5.74, 6) is -0.990. The number of nitrogens with zero attached hydrogens (tertiary/aromatic N) is 2. The monoisotopic (exact) mass is 324 g/mol. The van der Waals surface area contributed by atoms with Crippen LogP contribution in [0.5, 0.6) is 0 Å². The number of aryl methyl sites for hydroxylation is 2. The molecule has 24 heavy (non-hydrogen) atoms. The second-order valence-electron chi connectivity index (χ2n) is 6.75. The summed E-state index contributed by atoms with van der Waals surface area (Å²) in [5.41, 5.74) is 4.50. The summed E-state index contributed by atoms with van der Waals surface area (Å²) in [6.45, 7) is 5.58. The lowest BCUT2D eigenvalue weighted by atomic mass is 9.92. The Morgan fingerprint density at radius 3 is 2.75 bits per heavy atom. The number of rotatable bonds is 4. The number of hydrogen-bond donors (Lipinski definition) is 1. The molecule has 1 fully saturated rings. The molecule has 2 heterocycles. The van der Waals surface area contributed by atoms with Crippen LogP contribution in [-0.4, -0.2) is 34.0 Å². The van der Waals surface area contributed by atoms with Gasteiger partial charge in [0.25, 0.3) is 0 Å². The lowest BCUT2D eigenvalue weighted by Crippen LogP contribution is -2.41. The van der Waals surface area contributed by atoms with Crippen molar-refractivity contribution in [2.75, 3.05) is 13.1 Å². The van der Waals surface area contributed by atoms with Gasteiger partial charge in [0.2, 0.25) is 0 Å². The van der Waals surface area contributed by atoms with Gasteiger partial charge in [0.15, 0.2) is 0 Å². The Bertz CT molecular complexity index is 712. The maximum atomic E-state index is 11.5. The molecule has 0 radical (unpaired) electrons. The minimum Gasteiger partial charge on any atom is -0.481 e. The number of carboxylic acid groups (broad SMARTS) is 1. The van der Waals surface area contributed by atoms with E-state index < -0.39 is 5.97 Å². The van der Waals surface area contributed by atoms with Gasteiger partial charge in [-0.15, -0.1) is 0 Å². The summed E-state index contributed by atoms with van der Waals surface area (Å²) >= 11 is 0. The topological polar surface area (TPSA) is 53.4 Å². The SMILES string of the molecule is Cc1ccc(C(c2cccc(C)c2)N2CCCC(C(=O)O)C2)nc1. The van der Waals surface area contributed by atoms with Crippen LogP contribution in [0.25, 0.3) is 0 Å². The van der Waals surface area contributed by atoms with E-state index in [9.17, 15) is 9.90 Å². The Labute approximate surface area is 143 Å². The summed E-state index contributed by atoms with van der Waals surface area (Å²) in [7, 11) is 0. The van der Waals surface area contributed by atoms with Gasteiger partial charge in [-0.05, 0) is 50.4 Å². The summed E-state index contributed by atoms with van der Waals surface area (Å²) in [6.07, 6.45) is 3.55. The molecule has 1 aliphatic heterocycles. The van der Waals surface area contributed by atoms with E-state index in [2.05, 4.69) is 53.2 Å². The number of piperidine rings is 1. The number of likely N-dealkylation sites (tertiary alicyclic amines) is 1. The first-order chi connectivity index (χ1) is 11.5. The molecule has 0 saturated carbocycles. The van der Waals surface area contributed by atoms with Gasteiger partial charge in [0.1, 0.15) is 0 Å². The molecule has 2 aromatic rings. The second kappa shape index (κ2) is 7.14. The zero-order chi connectivity index (χ0) is 17.1. The van der Waals surface area contributed by atoms with Gasteiger partial charge in [0.05, 0.1) is 17.7 Å². The molecule has 0 aliphatic carbocycles. The van der Waals surface area contributed by atoms with Gasteiger partial charge in [-0.3, -0.25) is 14.7 Å². The van der Waals surface area contributed by atoms with E-state index in [-0.39, 0.29) is 12.0 Å². The minimum atomic E-state index is -0.695. The van der Waals surface area contributed by atoms with Crippen LogP contribution in [0.3, 0.4) is 0 Å². The maximum Gasteiger partial charge on any atom is 0.307 e. The second-order valence-corrected chi connectivity index (χ2v) is 6.75. The Hall–Kier alpha value is -2.20. The largest absolute Gasteiger partial charge is 0.481 e. The van der Waals surface area contributed by atoms with Crippen molar-refractivity contribution < 1.29 is 9.90 Å². The van der Waals surface area contributed by atoms with Crippen LogP contribution in [0.2, 0.25) is 0 Å². The van der Waals surface area contributed by atoms with Crippen molar-refractivity contribution in [3.8, 4) is 0 Å². The van der Waals surface area contributed by atoms with Crippen molar-refractivity contribution >= 4 is 5.97 Å². The molecular formula is C20H24N2O2. The van der Waals surface area contributed by atoms with Crippen molar-refractivity contribution in [3.05, 3.63) is 65.0 Å². The number of aliphatic carboxylic acids is 1. The molecule has 126 valence electrons. The van der Waals surface area contributed by atoms with E-state index in [1.54, 1.807) is 0 Å². The molecule has 2 unspecified atom stereocenters. The predicted octanol–water partition coefficient (Wildman–Crippen LogP) is 3.58. The number of carbonyl (C=O) groups is 1. The third-order valence-electron chi connectivity index (χ3n) is 4.74. The normalized spacial score (nSPS) is 19.8. The van der Waals surface area contributed by atoms with E-state index in [0.717, 1.165) is 30.6 Å². The zero-order valence-corrected chi connectivity index (χ0v) is 14.3. The van der Waals surface area contributed by atoms with Crippen molar-refractivity contribution in [1.82, 2.24) is 9.88 Å². The maximum absolute atomic E-state index is 11.5.